The SMILES string of the molecule is Cc1ncc(NC(=O)c2ccnc(C(C)(C)C#N)c2)cc1-c1cccc(-c2cc(N)ncn2)c1. The molecule has 3 heterocycles. The molecule has 0 aliphatic rings. The molecule has 1 aromatic carbocycles. The maximum absolute atomic E-state index is 12.9. The fourth-order valence-corrected chi connectivity index (χ4v) is 3.44. The van der Waals surface area contributed by atoms with Crippen LogP contribution in [0.25, 0.3) is 22.4 Å². The van der Waals surface area contributed by atoms with Crippen molar-refractivity contribution in [2.45, 2.75) is 26.2 Å². The van der Waals surface area contributed by atoms with Gasteiger partial charge in [0.05, 0.1) is 34.8 Å². The number of anilines is 2. The fraction of sp³-hybridized carbons (Fsp3) is 0.154. The van der Waals surface area contributed by atoms with Gasteiger partial charge >= 0.3 is 0 Å². The van der Waals surface area contributed by atoms with Gasteiger partial charge in [-0.15, -0.1) is 0 Å². The van der Waals surface area contributed by atoms with E-state index in [0.29, 0.717) is 22.8 Å². The van der Waals surface area contributed by atoms with Gasteiger partial charge in [-0.1, -0.05) is 18.2 Å². The Balaban J connectivity index is 1.63. The molecule has 0 aliphatic heterocycles. The van der Waals surface area contributed by atoms with Crippen molar-refractivity contribution in [1.29, 1.82) is 5.26 Å². The van der Waals surface area contributed by atoms with Crippen LogP contribution in [-0.2, 0) is 5.41 Å². The summed E-state index contributed by atoms with van der Waals surface area (Å²) in [5, 5.41) is 12.3. The Kier molecular flexibility index (Phi) is 6.02. The van der Waals surface area contributed by atoms with E-state index in [9.17, 15) is 10.1 Å². The fourth-order valence-electron chi connectivity index (χ4n) is 3.44. The van der Waals surface area contributed by atoms with Crippen LogP contribution in [0.15, 0.2) is 67.3 Å². The lowest BCUT2D eigenvalue weighted by Crippen LogP contribution is -2.18. The number of carbonyl (C=O) groups excluding carboxylic acids is 1. The third-order valence-electron chi connectivity index (χ3n) is 5.44. The summed E-state index contributed by atoms with van der Waals surface area (Å²) in [5.41, 5.74) is 10.8. The molecule has 168 valence electrons. The van der Waals surface area contributed by atoms with Crippen LogP contribution in [0.3, 0.4) is 0 Å². The minimum Gasteiger partial charge on any atom is -0.384 e. The van der Waals surface area contributed by atoms with Gasteiger partial charge in [-0.2, -0.15) is 5.26 Å². The minimum absolute atomic E-state index is 0.306. The first-order valence-electron chi connectivity index (χ1n) is 10.6. The third kappa shape index (κ3) is 4.74. The van der Waals surface area contributed by atoms with E-state index < -0.39 is 5.41 Å². The lowest BCUT2D eigenvalue weighted by Gasteiger charge is -2.15. The smallest absolute Gasteiger partial charge is 0.255 e. The predicted molar refractivity (Wildman–Crippen MR) is 131 cm³/mol. The average molecular weight is 450 g/mol. The molecule has 4 aromatic rings. The standard InChI is InChI=1S/C26H23N7O/c1-16-21(17-5-4-6-18(9-17)22-12-24(28)32-15-31-22)11-20(13-30-16)33-25(34)19-7-8-29-23(10-19)26(2,3)14-27/h4-13,15H,1-3H3,(H,33,34)(H2,28,31,32). The van der Waals surface area contributed by atoms with Gasteiger partial charge in [-0.25, -0.2) is 9.97 Å². The number of pyridine rings is 2. The number of carbonyl (C=O) groups is 1. The molecule has 0 fully saturated rings. The van der Waals surface area contributed by atoms with Crippen molar-refractivity contribution < 1.29 is 4.79 Å². The number of nitrogens with one attached hydrogen (secondary N) is 1. The quantitative estimate of drug-likeness (QED) is 0.457. The molecule has 0 unspecified atom stereocenters. The first-order valence-corrected chi connectivity index (χ1v) is 10.6. The van der Waals surface area contributed by atoms with E-state index in [1.807, 2.05) is 37.3 Å². The second kappa shape index (κ2) is 9.08. The Morgan fingerprint density at radius 3 is 2.59 bits per heavy atom. The topological polar surface area (TPSA) is 130 Å². The Hall–Kier alpha value is -4.64. The van der Waals surface area contributed by atoms with Crippen molar-refractivity contribution >= 4 is 17.4 Å². The molecular weight excluding hydrogens is 426 g/mol. The van der Waals surface area contributed by atoms with Crippen LogP contribution in [0.4, 0.5) is 11.5 Å². The van der Waals surface area contributed by atoms with Gasteiger partial charge in [0, 0.05) is 34.6 Å². The largest absolute Gasteiger partial charge is 0.384 e. The van der Waals surface area contributed by atoms with Crippen molar-refractivity contribution in [2.24, 2.45) is 0 Å². The van der Waals surface area contributed by atoms with E-state index in [-0.39, 0.29) is 5.91 Å². The van der Waals surface area contributed by atoms with Crippen LogP contribution in [-0.4, -0.2) is 25.8 Å². The van der Waals surface area contributed by atoms with Crippen molar-refractivity contribution in [3.8, 4) is 28.5 Å². The minimum atomic E-state index is -0.797. The normalized spacial score (nSPS) is 11.0. The highest BCUT2D eigenvalue weighted by Crippen LogP contribution is 2.29. The van der Waals surface area contributed by atoms with E-state index in [1.165, 1.54) is 12.5 Å². The molecular formula is C26H23N7O. The zero-order chi connectivity index (χ0) is 24.3. The van der Waals surface area contributed by atoms with Gasteiger partial charge in [0.15, 0.2) is 0 Å². The number of aromatic nitrogens is 4. The molecule has 0 bridgehead atoms. The summed E-state index contributed by atoms with van der Waals surface area (Å²) in [4.78, 5) is 29.9. The highest BCUT2D eigenvalue weighted by atomic mass is 16.1. The average Bonchev–Trinajstić information content (AvgIpc) is 2.85. The van der Waals surface area contributed by atoms with Crippen LogP contribution in [0.2, 0.25) is 0 Å². The molecule has 1 amide bonds. The molecule has 0 aliphatic carbocycles. The van der Waals surface area contributed by atoms with Gasteiger partial charge in [0.25, 0.3) is 5.91 Å². The molecule has 0 atom stereocenters. The van der Waals surface area contributed by atoms with E-state index in [2.05, 4.69) is 31.3 Å². The number of hydrogen-bond donors (Lipinski definition) is 2. The highest BCUT2D eigenvalue weighted by Gasteiger charge is 2.22. The van der Waals surface area contributed by atoms with Gasteiger partial charge in [-0.05, 0) is 50.6 Å². The van der Waals surface area contributed by atoms with Gasteiger partial charge in [0.1, 0.15) is 12.1 Å². The van der Waals surface area contributed by atoms with Crippen molar-refractivity contribution in [2.75, 3.05) is 11.1 Å². The number of hydrogen-bond acceptors (Lipinski definition) is 7. The number of rotatable bonds is 5. The van der Waals surface area contributed by atoms with Crippen LogP contribution in [0.1, 0.15) is 35.6 Å². The lowest BCUT2D eigenvalue weighted by atomic mass is 9.90. The summed E-state index contributed by atoms with van der Waals surface area (Å²) in [7, 11) is 0. The van der Waals surface area contributed by atoms with E-state index in [4.69, 9.17) is 5.73 Å². The molecule has 8 heteroatoms. The zero-order valence-corrected chi connectivity index (χ0v) is 19.1. The highest BCUT2D eigenvalue weighted by molar-refractivity contribution is 6.04. The van der Waals surface area contributed by atoms with Gasteiger partial charge in [-0.3, -0.25) is 14.8 Å². The second-order valence-electron chi connectivity index (χ2n) is 8.39. The second-order valence-corrected chi connectivity index (χ2v) is 8.39. The monoisotopic (exact) mass is 449 g/mol. The van der Waals surface area contributed by atoms with Gasteiger partial charge in [0.2, 0.25) is 0 Å². The number of aryl methyl sites for hydroxylation is 1. The van der Waals surface area contributed by atoms with E-state index >= 15 is 0 Å². The Bertz CT molecular complexity index is 1420. The maximum Gasteiger partial charge on any atom is 0.255 e. The summed E-state index contributed by atoms with van der Waals surface area (Å²) in [6.45, 7) is 5.43. The summed E-state index contributed by atoms with van der Waals surface area (Å²) >= 11 is 0. The van der Waals surface area contributed by atoms with Gasteiger partial charge < -0.3 is 11.1 Å². The molecule has 0 saturated heterocycles. The molecule has 0 saturated carbocycles. The number of benzene rings is 1. The molecule has 34 heavy (non-hydrogen) atoms. The Morgan fingerprint density at radius 1 is 1.03 bits per heavy atom. The molecule has 8 nitrogen and oxygen atoms in total. The van der Waals surface area contributed by atoms with E-state index in [0.717, 1.165) is 28.1 Å². The van der Waals surface area contributed by atoms with Crippen molar-refractivity contribution in [1.82, 2.24) is 19.9 Å². The summed E-state index contributed by atoms with van der Waals surface area (Å²) in [6, 6.07) is 16.9. The summed E-state index contributed by atoms with van der Waals surface area (Å²) in [6.07, 6.45) is 4.59. The number of nitrogens with two attached hydrogens (primary N) is 1. The number of nitriles is 1. The number of nitrogen functional groups attached to an aromatic ring is 1. The summed E-state index contributed by atoms with van der Waals surface area (Å²) < 4.78 is 0. The molecule has 4 rings (SSSR count). The van der Waals surface area contributed by atoms with Crippen LogP contribution >= 0.6 is 0 Å². The number of nitrogens with zero attached hydrogens (tertiary/aromatic N) is 5. The maximum atomic E-state index is 12.9. The van der Waals surface area contributed by atoms with Crippen LogP contribution < -0.4 is 11.1 Å². The first-order chi connectivity index (χ1) is 16.3. The zero-order valence-electron chi connectivity index (χ0n) is 19.1. The third-order valence-corrected chi connectivity index (χ3v) is 5.44. The molecule has 0 radical (unpaired) electrons. The van der Waals surface area contributed by atoms with Crippen LogP contribution in [0, 0.1) is 18.3 Å². The lowest BCUT2D eigenvalue weighted by molar-refractivity contribution is 0.102. The van der Waals surface area contributed by atoms with Crippen molar-refractivity contribution in [3.63, 3.8) is 0 Å². The molecule has 0 spiro atoms. The van der Waals surface area contributed by atoms with Crippen molar-refractivity contribution in [3.05, 3.63) is 84.2 Å². The Labute approximate surface area is 197 Å². The molecule has 3 aromatic heterocycles. The summed E-state index contributed by atoms with van der Waals surface area (Å²) in [5.74, 6) is 0.0922. The first kappa shape index (κ1) is 22.6. The van der Waals surface area contributed by atoms with E-state index in [1.54, 1.807) is 38.2 Å². The predicted octanol–water partition coefficient (Wildman–Crippen LogP) is 4.54. The van der Waals surface area contributed by atoms with Crippen LogP contribution in [0.5, 0.6) is 0 Å². The molecule has 3 N–H and O–H groups in total. The number of amides is 1. The Morgan fingerprint density at radius 2 is 1.82 bits per heavy atom.